The summed E-state index contributed by atoms with van der Waals surface area (Å²) in [6.45, 7) is 2.11. The van der Waals surface area contributed by atoms with Gasteiger partial charge >= 0.3 is 0 Å². The highest BCUT2D eigenvalue weighted by Crippen LogP contribution is 2.17. The molecule has 0 bridgehead atoms. The minimum atomic E-state index is 0.359. The van der Waals surface area contributed by atoms with Crippen molar-refractivity contribution >= 4 is 12.6 Å². The number of nitrogens with one attached hydrogen (secondary N) is 1. The Bertz CT molecular complexity index is 95.7. The molecule has 66 valence electrons. The fourth-order valence-electron chi connectivity index (χ4n) is 1.79. The number of thiol groups is 1. The molecule has 1 fully saturated rings. The molecular formula is C9H19NS. The van der Waals surface area contributed by atoms with Gasteiger partial charge in [-0.05, 0) is 19.8 Å². The molecule has 1 aliphatic carbocycles. The smallest absolute Gasteiger partial charge is 0.0475 e. The van der Waals surface area contributed by atoms with Gasteiger partial charge in [0.15, 0.2) is 0 Å². The SMILES string of the molecule is CC(S)NC1CCCCCC1. The lowest BCUT2D eigenvalue weighted by Gasteiger charge is -2.18. The third kappa shape index (κ3) is 4.02. The molecule has 1 nitrogen and oxygen atoms in total. The van der Waals surface area contributed by atoms with Crippen LogP contribution < -0.4 is 5.32 Å². The Morgan fingerprint density at radius 2 is 1.73 bits per heavy atom. The van der Waals surface area contributed by atoms with Crippen molar-refractivity contribution < 1.29 is 0 Å². The van der Waals surface area contributed by atoms with Crippen molar-refractivity contribution in [3.8, 4) is 0 Å². The third-order valence-corrected chi connectivity index (χ3v) is 2.48. The Hall–Kier alpha value is 0.310. The van der Waals surface area contributed by atoms with E-state index in [4.69, 9.17) is 0 Å². The summed E-state index contributed by atoms with van der Waals surface area (Å²) in [5, 5.41) is 3.85. The van der Waals surface area contributed by atoms with E-state index in [1.807, 2.05) is 0 Å². The van der Waals surface area contributed by atoms with Gasteiger partial charge in [-0.25, -0.2) is 0 Å². The lowest BCUT2D eigenvalue weighted by molar-refractivity contribution is 0.460. The average Bonchev–Trinajstić information content (AvgIpc) is 2.14. The maximum Gasteiger partial charge on any atom is 0.0475 e. The van der Waals surface area contributed by atoms with Crippen molar-refractivity contribution in [3.05, 3.63) is 0 Å². The normalized spacial score (nSPS) is 24.5. The molecule has 0 spiro atoms. The molecule has 0 radical (unpaired) electrons. The Kier molecular flexibility index (Phi) is 4.31. The highest BCUT2D eigenvalue weighted by Gasteiger charge is 2.11. The van der Waals surface area contributed by atoms with Crippen molar-refractivity contribution in [2.45, 2.75) is 56.9 Å². The molecule has 0 aliphatic heterocycles. The molecule has 1 aliphatic rings. The summed E-state index contributed by atoms with van der Waals surface area (Å²) in [5.74, 6) is 0. The van der Waals surface area contributed by atoms with Crippen molar-refractivity contribution in [2.75, 3.05) is 0 Å². The molecule has 0 amide bonds. The first kappa shape index (κ1) is 9.40. The quantitative estimate of drug-likeness (QED) is 0.371. The lowest BCUT2D eigenvalue weighted by atomic mass is 10.1. The van der Waals surface area contributed by atoms with Gasteiger partial charge in [0.2, 0.25) is 0 Å². The summed E-state index contributed by atoms with van der Waals surface area (Å²) in [6, 6.07) is 0.741. The molecule has 1 saturated carbocycles. The van der Waals surface area contributed by atoms with Crippen LogP contribution in [0.25, 0.3) is 0 Å². The molecule has 1 unspecified atom stereocenters. The summed E-state index contributed by atoms with van der Waals surface area (Å²) < 4.78 is 0. The monoisotopic (exact) mass is 173 g/mol. The van der Waals surface area contributed by atoms with Gasteiger partial charge in [0, 0.05) is 11.4 Å². The molecule has 0 aromatic carbocycles. The van der Waals surface area contributed by atoms with Crippen LogP contribution in [0, 0.1) is 0 Å². The maximum atomic E-state index is 4.33. The Balaban J connectivity index is 2.20. The van der Waals surface area contributed by atoms with Gasteiger partial charge in [-0.3, -0.25) is 0 Å². The third-order valence-electron chi connectivity index (χ3n) is 2.33. The van der Waals surface area contributed by atoms with E-state index >= 15 is 0 Å². The van der Waals surface area contributed by atoms with Gasteiger partial charge < -0.3 is 5.32 Å². The Morgan fingerprint density at radius 3 is 2.18 bits per heavy atom. The van der Waals surface area contributed by atoms with Gasteiger partial charge in [0.05, 0.1) is 0 Å². The molecule has 1 N–H and O–H groups in total. The predicted molar refractivity (Wildman–Crippen MR) is 53.1 cm³/mol. The summed E-state index contributed by atoms with van der Waals surface area (Å²) in [5.41, 5.74) is 0. The minimum absolute atomic E-state index is 0.359. The van der Waals surface area contributed by atoms with Gasteiger partial charge in [-0.15, -0.1) is 0 Å². The van der Waals surface area contributed by atoms with Crippen LogP contribution in [0.5, 0.6) is 0 Å². The maximum absolute atomic E-state index is 4.33. The van der Waals surface area contributed by atoms with E-state index in [0.29, 0.717) is 5.37 Å². The number of hydrogen-bond acceptors (Lipinski definition) is 2. The zero-order chi connectivity index (χ0) is 8.10. The van der Waals surface area contributed by atoms with E-state index in [9.17, 15) is 0 Å². The van der Waals surface area contributed by atoms with Crippen LogP contribution in [0.4, 0.5) is 0 Å². The molecule has 0 heterocycles. The number of hydrogen-bond donors (Lipinski definition) is 2. The second kappa shape index (κ2) is 5.04. The first-order valence-corrected chi connectivity index (χ1v) is 5.25. The van der Waals surface area contributed by atoms with Crippen molar-refractivity contribution in [1.29, 1.82) is 0 Å². The van der Waals surface area contributed by atoms with Crippen molar-refractivity contribution in [2.24, 2.45) is 0 Å². The van der Waals surface area contributed by atoms with E-state index in [1.54, 1.807) is 0 Å². The van der Waals surface area contributed by atoms with Crippen LogP contribution in [-0.4, -0.2) is 11.4 Å². The topological polar surface area (TPSA) is 12.0 Å². The van der Waals surface area contributed by atoms with Gasteiger partial charge in [-0.2, -0.15) is 12.6 Å². The summed E-state index contributed by atoms with van der Waals surface area (Å²) >= 11 is 4.33. The zero-order valence-corrected chi connectivity index (χ0v) is 8.24. The molecule has 1 rings (SSSR count). The fraction of sp³-hybridized carbons (Fsp3) is 1.00. The summed E-state index contributed by atoms with van der Waals surface area (Å²) in [6.07, 6.45) is 8.37. The average molecular weight is 173 g/mol. The van der Waals surface area contributed by atoms with E-state index in [1.165, 1.54) is 38.5 Å². The first-order valence-electron chi connectivity index (χ1n) is 4.73. The molecule has 11 heavy (non-hydrogen) atoms. The standard InChI is InChI=1S/C9H19NS/c1-8(11)10-9-6-4-2-3-5-7-9/h8-11H,2-7H2,1H3. The molecule has 0 aromatic rings. The van der Waals surface area contributed by atoms with Crippen molar-refractivity contribution in [1.82, 2.24) is 5.32 Å². The van der Waals surface area contributed by atoms with Crippen LogP contribution in [0.3, 0.4) is 0 Å². The minimum Gasteiger partial charge on any atom is -0.303 e. The summed E-state index contributed by atoms with van der Waals surface area (Å²) in [7, 11) is 0. The molecule has 0 aromatic heterocycles. The van der Waals surface area contributed by atoms with Crippen LogP contribution in [0.2, 0.25) is 0 Å². The van der Waals surface area contributed by atoms with Gasteiger partial charge in [0.1, 0.15) is 0 Å². The second-order valence-corrected chi connectivity index (χ2v) is 4.31. The van der Waals surface area contributed by atoms with Crippen molar-refractivity contribution in [3.63, 3.8) is 0 Å². The second-order valence-electron chi connectivity index (χ2n) is 3.53. The van der Waals surface area contributed by atoms with Crippen LogP contribution in [0.1, 0.15) is 45.4 Å². The molecule has 1 atom stereocenters. The lowest BCUT2D eigenvalue weighted by Crippen LogP contribution is -2.32. The molecule has 2 heteroatoms. The molecule has 0 saturated heterocycles. The molecular weight excluding hydrogens is 154 g/mol. The van der Waals surface area contributed by atoms with E-state index in [2.05, 4.69) is 24.9 Å². The Labute approximate surface area is 75.4 Å². The van der Waals surface area contributed by atoms with E-state index in [-0.39, 0.29) is 0 Å². The zero-order valence-electron chi connectivity index (χ0n) is 7.34. The number of rotatable bonds is 2. The van der Waals surface area contributed by atoms with Gasteiger partial charge in [-0.1, -0.05) is 25.7 Å². The van der Waals surface area contributed by atoms with Crippen LogP contribution >= 0.6 is 12.6 Å². The van der Waals surface area contributed by atoms with E-state index in [0.717, 1.165) is 6.04 Å². The van der Waals surface area contributed by atoms with E-state index < -0.39 is 0 Å². The fourth-order valence-corrected chi connectivity index (χ4v) is 2.00. The van der Waals surface area contributed by atoms with Gasteiger partial charge in [0.25, 0.3) is 0 Å². The summed E-state index contributed by atoms with van der Waals surface area (Å²) in [4.78, 5) is 0. The van der Waals surface area contributed by atoms with Crippen LogP contribution in [0.15, 0.2) is 0 Å². The highest BCUT2D eigenvalue weighted by atomic mass is 32.1. The highest BCUT2D eigenvalue weighted by molar-refractivity contribution is 7.80. The Morgan fingerprint density at radius 1 is 1.18 bits per heavy atom. The van der Waals surface area contributed by atoms with Crippen LogP contribution in [-0.2, 0) is 0 Å². The largest absolute Gasteiger partial charge is 0.303 e. The predicted octanol–water partition coefficient (Wildman–Crippen LogP) is 2.57. The first-order chi connectivity index (χ1) is 5.29.